The van der Waals surface area contributed by atoms with Gasteiger partial charge in [-0.25, -0.2) is 19.7 Å². The summed E-state index contributed by atoms with van der Waals surface area (Å²) in [7, 11) is 2.07. The maximum atomic E-state index is 12.6. The minimum absolute atomic E-state index is 0.244. The highest BCUT2D eigenvalue weighted by Crippen LogP contribution is 2.29. The highest BCUT2D eigenvalue weighted by molar-refractivity contribution is 7.17. The maximum absolute atomic E-state index is 12.6. The van der Waals surface area contributed by atoms with Crippen LogP contribution in [0.4, 0.5) is 29.8 Å². The molecule has 0 atom stereocenters. The van der Waals surface area contributed by atoms with Crippen LogP contribution in [0.1, 0.15) is 26.5 Å². The molecule has 3 aromatic rings. The number of para-hydroxylation sites is 1. The topological polar surface area (TPSA) is 120 Å². The number of alkyl halides is 3. The number of carboxylic acids is 1. The fourth-order valence-corrected chi connectivity index (χ4v) is 4.07. The van der Waals surface area contributed by atoms with Crippen molar-refractivity contribution in [2.75, 3.05) is 24.2 Å². The zero-order valence-electron chi connectivity index (χ0n) is 18.5. The lowest BCUT2D eigenvalue weighted by molar-refractivity contribution is -0.192. The van der Waals surface area contributed by atoms with E-state index in [0.29, 0.717) is 20.7 Å². The molecule has 35 heavy (non-hydrogen) atoms. The van der Waals surface area contributed by atoms with Gasteiger partial charge in [0, 0.05) is 25.1 Å². The number of carbonyl (C=O) groups is 2. The summed E-state index contributed by atoms with van der Waals surface area (Å²) in [5.74, 6) is -2.27. The summed E-state index contributed by atoms with van der Waals surface area (Å²) < 4.78 is 31.7. The van der Waals surface area contributed by atoms with Crippen molar-refractivity contribution in [1.29, 1.82) is 0 Å². The number of rotatable bonds is 4. The van der Waals surface area contributed by atoms with Gasteiger partial charge < -0.3 is 20.6 Å². The zero-order chi connectivity index (χ0) is 25.8. The molecule has 0 radical (unpaired) electrons. The lowest BCUT2D eigenvalue weighted by Gasteiger charge is -2.25. The molecule has 0 saturated heterocycles. The molecule has 2 aromatic heterocycles. The maximum Gasteiger partial charge on any atom is 0.490 e. The average molecular weight is 529 g/mol. The smallest absolute Gasteiger partial charge is 0.475 e. The number of aryl methyl sites for hydroxylation is 1. The van der Waals surface area contributed by atoms with Crippen molar-refractivity contribution in [3.8, 4) is 0 Å². The SMILES string of the molecule is Cc1cccc(Cl)c1NC(=O)c1cnc(Nc2ncnc3c2CN(C)CC3)s1.O=C(O)C(F)(F)F. The molecule has 3 N–H and O–H groups in total. The molecule has 0 unspecified atom stereocenters. The van der Waals surface area contributed by atoms with Gasteiger partial charge in [0.1, 0.15) is 17.0 Å². The van der Waals surface area contributed by atoms with Crippen molar-refractivity contribution in [3.05, 3.63) is 57.4 Å². The van der Waals surface area contributed by atoms with E-state index in [1.54, 1.807) is 18.6 Å². The van der Waals surface area contributed by atoms with Crippen molar-refractivity contribution in [2.45, 2.75) is 26.1 Å². The number of anilines is 3. The number of carbonyl (C=O) groups excluding carboxylic acids is 1. The quantitative estimate of drug-likeness (QED) is 0.452. The first-order chi connectivity index (χ1) is 16.5. The number of aliphatic carboxylic acids is 1. The molecule has 0 spiro atoms. The minimum atomic E-state index is -5.08. The number of hydrogen-bond donors (Lipinski definition) is 3. The molecule has 4 rings (SSSR count). The molecule has 1 aliphatic rings. The van der Waals surface area contributed by atoms with Gasteiger partial charge in [0.2, 0.25) is 0 Å². The van der Waals surface area contributed by atoms with Gasteiger partial charge in [-0.15, -0.1) is 0 Å². The van der Waals surface area contributed by atoms with Gasteiger partial charge in [-0.2, -0.15) is 13.2 Å². The number of thiazole rings is 1. The van der Waals surface area contributed by atoms with E-state index in [-0.39, 0.29) is 5.91 Å². The summed E-state index contributed by atoms with van der Waals surface area (Å²) in [4.78, 5) is 37.3. The zero-order valence-corrected chi connectivity index (χ0v) is 20.1. The Balaban J connectivity index is 0.000000429. The summed E-state index contributed by atoms with van der Waals surface area (Å²) in [6, 6.07) is 5.50. The van der Waals surface area contributed by atoms with E-state index in [1.807, 2.05) is 19.1 Å². The number of benzene rings is 1. The molecule has 0 fully saturated rings. The highest BCUT2D eigenvalue weighted by Gasteiger charge is 2.38. The Morgan fingerprint density at radius 2 is 1.94 bits per heavy atom. The van der Waals surface area contributed by atoms with E-state index >= 15 is 0 Å². The van der Waals surface area contributed by atoms with Gasteiger partial charge in [-0.3, -0.25) is 4.79 Å². The van der Waals surface area contributed by atoms with E-state index in [9.17, 15) is 18.0 Å². The van der Waals surface area contributed by atoms with Crippen LogP contribution in [0.25, 0.3) is 0 Å². The molecular weight excluding hydrogens is 509 g/mol. The summed E-state index contributed by atoms with van der Waals surface area (Å²) in [5.41, 5.74) is 3.65. The second-order valence-electron chi connectivity index (χ2n) is 7.48. The summed E-state index contributed by atoms with van der Waals surface area (Å²) >= 11 is 7.46. The average Bonchev–Trinajstić information content (AvgIpc) is 3.25. The number of hydrogen-bond acceptors (Lipinski definition) is 8. The predicted molar refractivity (Wildman–Crippen MR) is 125 cm³/mol. The van der Waals surface area contributed by atoms with Gasteiger partial charge in [-0.05, 0) is 25.6 Å². The van der Waals surface area contributed by atoms with Crippen LogP contribution in [0, 0.1) is 6.92 Å². The van der Waals surface area contributed by atoms with Crippen LogP contribution in [0.5, 0.6) is 0 Å². The predicted octanol–water partition coefficient (Wildman–Crippen LogP) is 4.51. The Morgan fingerprint density at radius 1 is 1.23 bits per heavy atom. The van der Waals surface area contributed by atoms with Crippen LogP contribution in [-0.2, 0) is 17.8 Å². The molecule has 0 saturated carbocycles. The van der Waals surface area contributed by atoms with Crippen LogP contribution >= 0.6 is 22.9 Å². The minimum Gasteiger partial charge on any atom is -0.475 e. The van der Waals surface area contributed by atoms with Crippen LogP contribution in [0.2, 0.25) is 5.02 Å². The molecule has 1 amide bonds. The molecule has 0 bridgehead atoms. The largest absolute Gasteiger partial charge is 0.490 e. The first-order valence-electron chi connectivity index (χ1n) is 10.1. The molecule has 186 valence electrons. The Kier molecular flexibility index (Phi) is 8.25. The van der Waals surface area contributed by atoms with E-state index in [2.05, 4.69) is 37.5 Å². The van der Waals surface area contributed by atoms with E-state index in [1.165, 1.54) is 11.3 Å². The van der Waals surface area contributed by atoms with Crippen LogP contribution in [0.3, 0.4) is 0 Å². The van der Waals surface area contributed by atoms with Crippen molar-refractivity contribution in [1.82, 2.24) is 19.9 Å². The van der Waals surface area contributed by atoms with Crippen molar-refractivity contribution < 1.29 is 27.9 Å². The summed E-state index contributed by atoms with van der Waals surface area (Å²) in [6.45, 7) is 3.66. The van der Waals surface area contributed by atoms with Gasteiger partial charge in [0.05, 0.1) is 22.6 Å². The van der Waals surface area contributed by atoms with E-state index in [0.717, 1.165) is 42.1 Å². The lowest BCUT2D eigenvalue weighted by atomic mass is 10.1. The lowest BCUT2D eigenvalue weighted by Crippen LogP contribution is -2.28. The molecule has 1 aromatic carbocycles. The third kappa shape index (κ3) is 6.87. The van der Waals surface area contributed by atoms with Gasteiger partial charge in [0.15, 0.2) is 5.13 Å². The van der Waals surface area contributed by atoms with E-state index < -0.39 is 12.1 Å². The summed E-state index contributed by atoms with van der Waals surface area (Å²) in [5, 5.41) is 14.3. The number of nitrogens with zero attached hydrogens (tertiary/aromatic N) is 4. The molecule has 9 nitrogen and oxygen atoms in total. The molecule has 3 heterocycles. The van der Waals surface area contributed by atoms with Crippen LogP contribution < -0.4 is 10.6 Å². The summed E-state index contributed by atoms with van der Waals surface area (Å²) in [6.07, 6.45) is -1.08. The normalized spacial score (nSPS) is 13.3. The van der Waals surface area contributed by atoms with Crippen molar-refractivity contribution in [3.63, 3.8) is 0 Å². The third-order valence-electron chi connectivity index (χ3n) is 4.85. The Bertz CT molecular complexity index is 1220. The fourth-order valence-electron chi connectivity index (χ4n) is 3.09. The van der Waals surface area contributed by atoms with Crippen LogP contribution in [0.15, 0.2) is 30.7 Å². The standard InChI is InChI=1S/C19H19ClN6OS.C2HF3O2/c1-11-4-3-5-13(20)16(11)24-18(27)15-8-21-19(28-15)25-17-12-9-26(2)7-6-14(12)22-10-23-17;3-2(4,5)1(6)7/h3-5,8,10H,6-7,9H2,1-2H3,(H,24,27)(H,21,22,23,25);(H,6,7). The first kappa shape index (κ1) is 26.3. The van der Waals surface area contributed by atoms with Gasteiger partial charge in [0.25, 0.3) is 5.91 Å². The molecule has 1 aliphatic heterocycles. The third-order valence-corrected chi connectivity index (χ3v) is 6.08. The fraction of sp³-hybridized carbons (Fsp3) is 0.286. The molecule has 14 heteroatoms. The Labute approximate surface area is 207 Å². The number of halogens is 4. The number of likely N-dealkylation sites (N-methyl/N-ethyl adjacent to an activating group) is 1. The van der Waals surface area contributed by atoms with Gasteiger partial charge in [-0.1, -0.05) is 35.1 Å². The van der Waals surface area contributed by atoms with Crippen molar-refractivity contribution >= 4 is 51.5 Å². The number of fused-ring (bicyclic) bond motifs is 1. The van der Waals surface area contributed by atoms with Crippen molar-refractivity contribution in [2.24, 2.45) is 0 Å². The first-order valence-corrected chi connectivity index (χ1v) is 11.3. The second-order valence-corrected chi connectivity index (χ2v) is 8.92. The number of nitrogens with one attached hydrogen (secondary N) is 2. The molecular formula is C21H20ClF3N6O3S. The molecule has 0 aliphatic carbocycles. The Morgan fingerprint density at radius 3 is 2.60 bits per heavy atom. The number of carboxylic acid groups (broad SMARTS) is 1. The highest BCUT2D eigenvalue weighted by atomic mass is 35.5. The number of aromatic nitrogens is 3. The second kappa shape index (κ2) is 11.0. The Hall–Kier alpha value is -3.29. The van der Waals surface area contributed by atoms with Gasteiger partial charge >= 0.3 is 12.1 Å². The monoisotopic (exact) mass is 528 g/mol. The van der Waals surface area contributed by atoms with E-state index in [4.69, 9.17) is 21.5 Å². The van der Waals surface area contributed by atoms with Crippen LogP contribution in [-0.4, -0.2) is 56.6 Å². The number of amides is 1.